The normalized spacial score (nSPS) is 21.0. The van der Waals surface area contributed by atoms with Gasteiger partial charge >= 0.3 is 0 Å². The van der Waals surface area contributed by atoms with Crippen LogP contribution in [0.3, 0.4) is 0 Å². The largest absolute Gasteiger partial charge is 0.480 e. The van der Waals surface area contributed by atoms with E-state index >= 15 is 0 Å². The van der Waals surface area contributed by atoms with Crippen LogP contribution in [-0.2, 0) is 5.60 Å². The second-order valence-electron chi connectivity index (χ2n) is 8.34. The van der Waals surface area contributed by atoms with Crippen LogP contribution in [0, 0.1) is 17.4 Å². The van der Waals surface area contributed by atoms with Crippen LogP contribution in [0.2, 0.25) is 19.6 Å². The lowest BCUT2D eigenvalue weighted by Crippen LogP contribution is -2.29. The first-order chi connectivity index (χ1) is 12.7. The van der Waals surface area contributed by atoms with E-state index < -0.39 is 13.7 Å². The Morgan fingerprint density at radius 2 is 1.70 bits per heavy atom. The molecule has 0 saturated heterocycles. The molecule has 2 unspecified atom stereocenters. The molecule has 0 radical (unpaired) electrons. The highest BCUT2D eigenvalue weighted by molar-refractivity contribution is 7.80. The van der Waals surface area contributed by atoms with E-state index in [0.29, 0.717) is 0 Å². The minimum atomic E-state index is -1.46. The fourth-order valence-electron chi connectivity index (χ4n) is 3.16. The summed E-state index contributed by atoms with van der Waals surface area (Å²) in [4.78, 5) is 2.95. The van der Waals surface area contributed by atoms with E-state index in [1.54, 1.807) is 0 Å². The van der Waals surface area contributed by atoms with Crippen LogP contribution in [-0.4, -0.2) is 32.1 Å². The van der Waals surface area contributed by atoms with Crippen molar-refractivity contribution in [3.8, 4) is 17.2 Å². The highest BCUT2D eigenvalue weighted by Gasteiger charge is 2.61. The Labute approximate surface area is 169 Å². The van der Waals surface area contributed by atoms with Crippen LogP contribution in [0.4, 0.5) is 0 Å². The Bertz CT molecular complexity index is 892. The Balaban J connectivity index is 1.98. The van der Waals surface area contributed by atoms with Gasteiger partial charge in [0.15, 0.2) is 0 Å². The molecule has 1 aliphatic carbocycles. The molecule has 140 valence electrons. The fourth-order valence-corrected chi connectivity index (χ4v) is 3.95. The number of hydrogen-bond acceptors (Lipinski definition) is 2. The van der Waals surface area contributed by atoms with E-state index in [0.717, 1.165) is 22.7 Å². The lowest BCUT2D eigenvalue weighted by molar-refractivity contribution is 0.170. The van der Waals surface area contributed by atoms with Crippen molar-refractivity contribution in [2.75, 3.05) is 14.1 Å². The number of benzene rings is 2. The number of nitrogens with zero attached hydrogens (tertiary/aromatic N) is 1. The standard InChI is InChI=1S/C23H27NOSSi/c1-24(2)22(26)20-17-23(20,19-12-7-6-8-13-19)25-21-14-10-9-11-18(21)15-16-27(3,4)5/h6-14,20H,17H2,1-5H3. The molecule has 2 atom stereocenters. The predicted octanol–water partition coefficient (Wildman–Crippen LogP) is 5.10. The van der Waals surface area contributed by atoms with E-state index in [1.165, 1.54) is 5.56 Å². The van der Waals surface area contributed by atoms with Gasteiger partial charge < -0.3 is 9.64 Å². The molecule has 2 aromatic carbocycles. The SMILES string of the molecule is CN(C)C(=S)C1CC1(Oc1ccccc1C#C[Si](C)(C)C)c1ccccc1. The van der Waals surface area contributed by atoms with Gasteiger partial charge in [-0.2, -0.15) is 0 Å². The van der Waals surface area contributed by atoms with Crippen molar-refractivity contribution in [1.29, 1.82) is 0 Å². The van der Waals surface area contributed by atoms with Gasteiger partial charge in [-0.3, -0.25) is 0 Å². The van der Waals surface area contributed by atoms with E-state index in [1.807, 2.05) is 49.3 Å². The zero-order valence-electron chi connectivity index (χ0n) is 16.7. The van der Waals surface area contributed by atoms with E-state index in [2.05, 4.69) is 55.4 Å². The zero-order chi connectivity index (χ0) is 19.7. The highest BCUT2D eigenvalue weighted by atomic mass is 32.1. The van der Waals surface area contributed by atoms with Gasteiger partial charge in [0.05, 0.1) is 16.5 Å². The molecule has 1 aliphatic rings. The van der Waals surface area contributed by atoms with E-state index in [4.69, 9.17) is 17.0 Å². The summed E-state index contributed by atoms with van der Waals surface area (Å²) in [6.07, 6.45) is 0.893. The quantitative estimate of drug-likeness (QED) is 0.407. The lowest BCUT2D eigenvalue weighted by atomic mass is 10.0. The number of thiocarbonyl (C=S) groups is 1. The molecule has 2 nitrogen and oxygen atoms in total. The molecule has 0 aromatic heterocycles. The summed E-state index contributed by atoms with van der Waals surface area (Å²) in [7, 11) is 2.55. The molecule has 0 aliphatic heterocycles. The summed E-state index contributed by atoms with van der Waals surface area (Å²) in [5.74, 6) is 4.41. The lowest BCUT2D eigenvalue weighted by Gasteiger charge is -2.23. The molecule has 0 bridgehead atoms. The zero-order valence-corrected chi connectivity index (χ0v) is 18.6. The van der Waals surface area contributed by atoms with Crippen molar-refractivity contribution in [2.24, 2.45) is 5.92 Å². The molecular weight excluding hydrogens is 366 g/mol. The molecule has 2 aromatic rings. The van der Waals surface area contributed by atoms with Crippen LogP contribution < -0.4 is 4.74 Å². The second-order valence-corrected chi connectivity index (χ2v) is 13.5. The summed E-state index contributed by atoms with van der Waals surface area (Å²) in [6, 6.07) is 18.5. The second kappa shape index (κ2) is 7.50. The smallest absolute Gasteiger partial charge is 0.144 e. The molecule has 0 N–H and O–H groups in total. The third-order valence-corrected chi connectivity index (χ3v) is 6.19. The molecule has 1 saturated carbocycles. The minimum Gasteiger partial charge on any atom is -0.480 e. The maximum Gasteiger partial charge on any atom is 0.144 e. The molecular formula is C23H27NOSSi. The Morgan fingerprint density at radius 3 is 2.33 bits per heavy atom. The maximum absolute atomic E-state index is 6.68. The van der Waals surface area contributed by atoms with Gasteiger partial charge in [0.2, 0.25) is 0 Å². The van der Waals surface area contributed by atoms with Gasteiger partial charge in [-0.15, -0.1) is 5.54 Å². The van der Waals surface area contributed by atoms with Crippen LogP contribution in [0.15, 0.2) is 54.6 Å². The Hall–Kier alpha value is -2.09. The average molecular weight is 394 g/mol. The first kappa shape index (κ1) is 19.7. The van der Waals surface area contributed by atoms with Crippen molar-refractivity contribution < 1.29 is 4.74 Å². The summed E-state index contributed by atoms with van der Waals surface area (Å²) < 4.78 is 6.68. The van der Waals surface area contributed by atoms with Crippen molar-refractivity contribution in [1.82, 2.24) is 4.90 Å². The molecule has 27 heavy (non-hydrogen) atoms. The first-order valence-electron chi connectivity index (χ1n) is 9.31. The van der Waals surface area contributed by atoms with Gasteiger partial charge in [0.25, 0.3) is 0 Å². The fraction of sp³-hybridized carbons (Fsp3) is 0.348. The Morgan fingerprint density at radius 1 is 1.07 bits per heavy atom. The summed E-state index contributed by atoms with van der Waals surface area (Å²) in [5.41, 5.74) is 5.18. The number of ether oxygens (including phenoxy) is 1. The van der Waals surface area contributed by atoms with Gasteiger partial charge in [0, 0.05) is 20.5 Å². The van der Waals surface area contributed by atoms with Gasteiger partial charge in [0.1, 0.15) is 19.4 Å². The monoisotopic (exact) mass is 393 g/mol. The summed E-state index contributed by atoms with van der Waals surface area (Å²) >= 11 is 5.69. The molecule has 4 heteroatoms. The first-order valence-corrected chi connectivity index (χ1v) is 13.2. The third kappa shape index (κ3) is 4.43. The third-order valence-electron chi connectivity index (χ3n) is 4.66. The Kier molecular flexibility index (Phi) is 5.46. The average Bonchev–Trinajstić information content (AvgIpc) is 3.35. The maximum atomic E-state index is 6.68. The topological polar surface area (TPSA) is 12.5 Å². The van der Waals surface area contributed by atoms with Gasteiger partial charge in [-0.1, -0.05) is 80.2 Å². The van der Waals surface area contributed by atoms with Gasteiger partial charge in [-0.25, -0.2) is 0 Å². The molecule has 3 rings (SSSR count). The van der Waals surface area contributed by atoms with E-state index in [-0.39, 0.29) is 5.92 Å². The van der Waals surface area contributed by atoms with Crippen molar-refractivity contribution >= 4 is 25.3 Å². The van der Waals surface area contributed by atoms with E-state index in [9.17, 15) is 0 Å². The van der Waals surface area contributed by atoms with Crippen molar-refractivity contribution in [2.45, 2.75) is 31.7 Å². The minimum absolute atomic E-state index is 0.197. The number of rotatable bonds is 4. The molecule has 0 heterocycles. The number of para-hydroxylation sites is 1. The highest BCUT2D eigenvalue weighted by Crippen LogP contribution is 2.56. The van der Waals surface area contributed by atoms with Crippen LogP contribution in [0.25, 0.3) is 0 Å². The van der Waals surface area contributed by atoms with Crippen LogP contribution in [0.1, 0.15) is 17.5 Å². The van der Waals surface area contributed by atoms with Crippen LogP contribution >= 0.6 is 12.2 Å². The molecule has 0 spiro atoms. The predicted molar refractivity (Wildman–Crippen MR) is 120 cm³/mol. The summed E-state index contributed by atoms with van der Waals surface area (Å²) in [6.45, 7) is 6.75. The van der Waals surface area contributed by atoms with Gasteiger partial charge in [-0.05, 0) is 17.7 Å². The van der Waals surface area contributed by atoms with Crippen molar-refractivity contribution in [3.63, 3.8) is 0 Å². The number of hydrogen-bond donors (Lipinski definition) is 0. The molecule has 1 fully saturated rings. The summed E-state index contributed by atoms with van der Waals surface area (Å²) in [5, 5.41) is 0. The van der Waals surface area contributed by atoms with Crippen molar-refractivity contribution in [3.05, 3.63) is 65.7 Å². The molecule has 0 amide bonds. The van der Waals surface area contributed by atoms with Crippen LogP contribution in [0.5, 0.6) is 5.75 Å².